The molecule has 2 heterocycles. The van der Waals surface area contributed by atoms with Crippen molar-refractivity contribution in [3.63, 3.8) is 0 Å². The molecule has 0 bridgehead atoms. The van der Waals surface area contributed by atoms with Crippen LogP contribution in [0.5, 0.6) is 5.75 Å². The molecule has 2 aromatic carbocycles. The number of aryl methyl sites for hydroxylation is 1. The average molecular weight is 496 g/mol. The molecule has 1 saturated heterocycles. The predicted octanol–water partition coefficient (Wildman–Crippen LogP) is 4.28. The lowest BCUT2D eigenvalue weighted by molar-refractivity contribution is -0.131. The molecule has 2 aromatic rings. The number of benzene rings is 2. The summed E-state index contributed by atoms with van der Waals surface area (Å²) in [6.07, 6.45) is 2.67. The number of allylic oxidation sites excluding steroid dienone is 1. The topological polar surface area (TPSA) is 88.1 Å². The van der Waals surface area contributed by atoms with Crippen LogP contribution in [0.3, 0.4) is 0 Å². The Kier molecular flexibility index (Phi) is 7.51. The highest BCUT2D eigenvalue weighted by molar-refractivity contribution is 6.31. The summed E-state index contributed by atoms with van der Waals surface area (Å²) >= 11 is 6.18. The molecule has 3 amide bonds. The lowest BCUT2D eigenvalue weighted by atomic mass is 10.2. The molecule has 0 radical (unpaired) electrons. The second-order valence-electron chi connectivity index (χ2n) is 8.71. The summed E-state index contributed by atoms with van der Waals surface area (Å²) < 4.78 is 0. The van der Waals surface area contributed by atoms with Gasteiger partial charge in [0.25, 0.3) is 0 Å². The van der Waals surface area contributed by atoms with Crippen LogP contribution in [0, 0.1) is 6.92 Å². The lowest BCUT2D eigenvalue weighted by Gasteiger charge is -2.36. The Bertz CT molecular complexity index is 1160. The first kappa shape index (κ1) is 24.5. The third-order valence-corrected chi connectivity index (χ3v) is 6.60. The van der Waals surface area contributed by atoms with Crippen molar-refractivity contribution in [3.8, 4) is 5.75 Å². The van der Waals surface area contributed by atoms with Crippen LogP contribution in [0.2, 0.25) is 5.02 Å². The Balaban J connectivity index is 1.23. The van der Waals surface area contributed by atoms with E-state index in [1.807, 2.05) is 36.1 Å². The van der Waals surface area contributed by atoms with Crippen LogP contribution in [0.1, 0.15) is 18.4 Å². The van der Waals surface area contributed by atoms with E-state index in [4.69, 9.17) is 11.6 Å². The summed E-state index contributed by atoms with van der Waals surface area (Å²) in [5, 5.41) is 16.3. The molecule has 2 aliphatic rings. The quantitative estimate of drug-likeness (QED) is 0.533. The zero-order chi connectivity index (χ0) is 24.9. The van der Waals surface area contributed by atoms with E-state index in [0.717, 1.165) is 16.9 Å². The fourth-order valence-electron chi connectivity index (χ4n) is 4.18. The molecule has 9 heteroatoms. The molecule has 0 aliphatic carbocycles. The van der Waals surface area contributed by atoms with Crippen molar-refractivity contribution in [2.75, 3.05) is 42.9 Å². The molecule has 0 atom stereocenters. The van der Waals surface area contributed by atoms with Gasteiger partial charge in [-0.2, -0.15) is 0 Å². The van der Waals surface area contributed by atoms with Gasteiger partial charge in [-0.3, -0.25) is 15.0 Å². The number of hydrogen-bond donors (Lipinski definition) is 3. The van der Waals surface area contributed by atoms with Crippen molar-refractivity contribution in [2.45, 2.75) is 19.8 Å². The van der Waals surface area contributed by atoms with E-state index in [9.17, 15) is 14.7 Å². The van der Waals surface area contributed by atoms with E-state index < -0.39 is 0 Å². The molecule has 0 unspecified atom stereocenters. The minimum absolute atomic E-state index is 0.0812. The molecule has 1 fully saturated rings. The highest BCUT2D eigenvalue weighted by Crippen LogP contribution is 2.23. The van der Waals surface area contributed by atoms with Crippen LogP contribution < -0.4 is 15.5 Å². The first-order chi connectivity index (χ1) is 16.8. The average Bonchev–Trinajstić information content (AvgIpc) is 2.83. The van der Waals surface area contributed by atoms with Gasteiger partial charge in [0.15, 0.2) is 0 Å². The van der Waals surface area contributed by atoms with Crippen LogP contribution in [0.25, 0.3) is 0 Å². The van der Waals surface area contributed by atoms with E-state index in [2.05, 4.69) is 22.1 Å². The third kappa shape index (κ3) is 6.08. The maximum atomic E-state index is 12.7. The van der Waals surface area contributed by atoms with E-state index in [-0.39, 0.29) is 17.7 Å². The fourth-order valence-corrected chi connectivity index (χ4v) is 4.36. The SMILES string of the molecule is C=C1C=C(Nc2ccc(C)c(Cl)c2)NC(=O)N1CCCC(=O)N1CCN(c2cccc(O)c2)CC1. The van der Waals surface area contributed by atoms with Gasteiger partial charge in [0.05, 0.1) is 0 Å². The zero-order valence-corrected chi connectivity index (χ0v) is 20.5. The highest BCUT2D eigenvalue weighted by Gasteiger charge is 2.24. The monoisotopic (exact) mass is 495 g/mol. The van der Waals surface area contributed by atoms with Gasteiger partial charge in [0.2, 0.25) is 5.91 Å². The van der Waals surface area contributed by atoms with Crippen LogP contribution in [-0.4, -0.2) is 59.6 Å². The van der Waals surface area contributed by atoms with Crippen molar-refractivity contribution in [1.82, 2.24) is 15.1 Å². The lowest BCUT2D eigenvalue weighted by Crippen LogP contribution is -2.49. The second kappa shape index (κ2) is 10.7. The third-order valence-electron chi connectivity index (χ3n) is 6.19. The van der Waals surface area contributed by atoms with Crippen LogP contribution in [0.4, 0.5) is 16.2 Å². The van der Waals surface area contributed by atoms with Gasteiger partial charge in [-0.1, -0.05) is 30.3 Å². The molecular formula is C26H30ClN5O3. The van der Waals surface area contributed by atoms with Crippen molar-refractivity contribution < 1.29 is 14.7 Å². The summed E-state index contributed by atoms with van der Waals surface area (Å²) in [6.45, 7) is 9.03. The fraction of sp³-hybridized carbons (Fsp3) is 0.308. The first-order valence-electron chi connectivity index (χ1n) is 11.6. The molecule has 35 heavy (non-hydrogen) atoms. The summed E-state index contributed by atoms with van der Waals surface area (Å²) in [7, 11) is 0. The molecule has 0 saturated carbocycles. The number of piperazine rings is 1. The number of rotatable bonds is 7. The maximum Gasteiger partial charge on any atom is 0.327 e. The summed E-state index contributed by atoms with van der Waals surface area (Å²) in [4.78, 5) is 30.9. The van der Waals surface area contributed by atoms with E-state index >= 15 is 0 Å². The number of phenols is 1. The molecule has 4 rings (SSSR count). The Hall–Kier alpha value is -3.65. The number of nitrogens with one attached hydrogen (secondary N) is 2. The highest BCUT2D eigenvalue weighted by atomic mass is 35.5. The minimum Gasteiger partial charge on any atom is -0.508 e. The van der Waals surface area contributed by atoms with Gasteiger partial charge in [-0.05, 0) is 43.2 Å². The van der Waals surface area contributed by atoms with Gasteiger partial charge >= 0.3 is 6.03 Å². The van der Waals surface area contributed by atoms with E-state index in [1.165, 1.54) is 0 Å². The van der Waals surface area contributed by atoms with Crippen LogP contribution in [-0.2, 0) is 4.79 Å². The Labute approximate surface area is 210 Å². The largest absolute Gasteiger partial charge is 0.508 e. The number of halogens is 1. The van der Waals surface area contributed by atoms with Crippen molar-refractivity contribution in [1.29, 1.82) is 0 Å². The predicted molar refractivity (Wildman–Crippen MR) is 138 cm³/mol. The molecule has 0 spiro atoms. The smallest absolute Gasteiger partial charge is 0.327 e. The number of amides is 3. The van der Waals surface area contributed by atoms with Crippen molar-refractivity contribution >= 4 is 34.9 Å². The summed E-state index contributed by atoms with van der Waals surface area (Å²) in [5.41, 5.74) is 3.26. The summed E-state index contributed by atoms with van der Waals surface area (Å²) in [5.74, 6) is 0.844. The van der Waals surface area contributed by atoms with Crippen LogP contribution in [0.15, 0.2) is 66.6 Å². The molecule has 0 aromatic heterocycles. The van der Waals surface area contributed by atoms with Gasteiger partial charge < -0.3 is 20.2 Å². The van der Waals surface area contributed by atoms with Crippen molar-refractivity contribution in [2.24, 2.45) is 0 Å². The zero-order valence-electron chi connectivity index (χ0n) is 19.8. The summed E-state index contributed by atoms with van der Waals surface area (Å²) in [6, 6.07) is 12.5. The standard InChI is InChI=1S/C26H30ClN5O3/c1-18-8-9-20(16-23(18)27)28-24-15-19(2)32(26(35)29-24)10-4-7-25(34)31-13-11-30(12-14-31)21-5-3-6-22(33)17-21/h3,5-6,8-9,15-17,28,33H,2,4,7,10-14H2,1H3,(H,29,35). The number of aromatic hydroxyl groups is 1. The van der Waals surface area contributed by atoms with E-state index in [0.29, 0.717) is 62.1 Å². The molecular weight excluding hydrogens is 466 g/mol. The number of phenolic OH excluding ortho intramolecular Hbond substituents is 1. The molecule has 8 nitrogen and oxygen atoms in total. The van der Waals surface area contributed by atoms with E-state index in [1.54, 1.807) is 29.2 Å². The van der Waals surface area contributed by atoms with Gasteiger partial charge in [0.1, 0.15) is 11.6 Å². The Morgan fingerprint density at radius 3 is 2.63 bits per heavy atom. The van der Waals surface area contributed by atoms with Gasteiger partial charge in [0, 0.05) is 73.4 Å². The first-order valence-corrected chi connectivity index (χ1v) is 12.0. The number of nitrogens with zero attached hydrogens (tertiary/aromatic N) is 3. The molecule has 184 valence electrons. The van der Waals surface area contributed by atoms with Gasteiger partial charge in [-0.25, -0.2) is 4.79 Å². The maximum absolute atomic E-state index is 12.7. The molecule has 2 aliphatic heterocycles. The second-order valence-corrected chi connectivity index (χ2v) is 9.12. The number of anilines is 2. The molecule has 3 N–H and O–H groups in total. The van der Waals surface area contributed by atoms with Crippen LogP contribution >= 0.6 is 11.6 Å². The number of carbonyl (C=O) groups excluding carboxylic acids is 2. The number of urea groups is 1. The van der Waals surface area contributed by atoms with Gasteiger partial charge in [-0.15, -0.1) is 0 Å². The number of hydrogen-bond acceptors (Lipinski definition) is 5. The minimum atomic E-state index is -0.287. The Morgan fingerprint density at radius 1 is 1.17 bits per heavy atom. The Morgan fingerprint density at radius 2 is 1.94 bits per heavy atom. The normalized spacial score (nSPS) is 16.2. The number of carbonyl (C=O) groups is 2. The van der Waals surface area contributed by atoms with Crippen molar-refractivity contribution in [3.05, 3.63) is 77.2 Å².